The van der Waals surface area contributed by atoms with Gasteiger partial charge in [0.15, 0.2) is 0 Å². The van der Waals surface area contributed by atoms with Crippen molar-refractivity contribution in [2.75, 3.05) is 0 Å². The van der Waals surface area contributed by atoms with Gasteiger partial charge in [-0.05, 0) is 40.9 Å². The molecule has 0 saturated carbocycles. The lowest BCUT2D eigenvalue weighted by molar-refractivity contribution is -0.604. The minimum Gasteiger partial charge on any atom is -0.239 e. The number of rotatable bonds is 2. The highest BCUT2D eigenvalue weighted by molar-refractivity contribution is 7.58. The van der Waals surface area contributed by atoms with Gasteiger partial charge in [0, 0.05) is 0 Å². The van der Waals surface area contributed by atoms with Crippen LogP contribution in [0.3, 0.4) is 0 Å². The van der Waals surface area contributed by atoms with Gasteiger partial charge in [-0.2, -0.15) is 4.84 Å². The molecule has 12 heavy (non-hydrogen) atoms. The van der Waals surface area contributed by atoms with E-state index < -0.39 is 5.97 Å². The molecule has 62 valence electrons. The van der Waals surface area contributed by atoms with E-state index in [4.69, 9.17) is 0 Å². The van der Waals surface area contributed by atoms with Crippen molar-refractivity contribution in [1.82, 2.24) is 0 Å². The molecule has 0 saturated heterocycles. The van der Waals surface area contributed by atoms with Crippen molar-refractivity contribution in [2.45, 2.75) is 0 Å². The fraction of sp³-hybridized carbons (Fsp3) is 0. The molecule has 1 aromatic carbocycles. The molecule has 0 radical (unpaired) electrons. The lowest BCUT2D eigenvalue weighted by atomic mass is 10.2. The summed E-state index contributed by atoms with van der Waals surface area (Å²) in [4.78, 5) is 15.5. The first-order valence-electron chi connectivity index (χ1n) is 3.12. The van der Waals surface area contributed by atoms with Crippen LogP contribution in [0, 0.1) is 0 Å². The molecule has 5 heteroatoms. The maximum atomic E-state index is 11.1. The minimum atomic E-state index is -0.541. The topological polar surface area (TPSA) is 29.3 Å². The summed E-state index contributed by atoms with van der Waals surface area (Å²) in [5, 5.41) is 0. The summed E-state index contributed by atoms with van der Waals surface area (Å²) in [6, 6.07) is 8.50. The van der Waals surface area contributed by atoms with Gasteiger partial charge in [0.25, 0.3) is 0 Å². The van der Waals surface area contributed by atoms with Gasteiger partial charge in [0.1, 0.15) is 0 Å². The maximum Gasteiger partial charge on any atom is 0.410 e. The van der Waals surface area contributed by atoms with Gasteiger partial charge < -0.3 is 0 Å². The van der Waals surface area contributed by atoms with Gasteiger partial charge in [-0.25, -0.2) is 4.79 Å². The van der Waals surface area contributed by atoms with Crippen LogP contribution in [0.25, 0.3) is 0 Å². The molecule has 0 aromatic heterocycles. The zero-order chi connectivity index (χ0) is 8.97. The molecule has 0 atom stereocenters. The predicted octanol–water partition coefficient (Wildman–Crippen LogP) is 0.963. The minimum absolute atomic E-state index is 0.428. The molecule has 0 fully saturated rings. The molecule has 0 aliphatic carbocycles. The van der Waals surface area contributed by atoms with E-state index in [-0.39, 0.29) is 0 Å². The molecule has 0 heterocycles. The highest BCUT2D eigenvalue weighted by Gasteiger charge is 2.09. The smallest absolute Gasteiger partial charge is 0.239 e. The quantitative estimate of drug-likeness (QED) is 0.403. The third-order valence-electron chi connectivity index (χ3n) is 1.17. The Hall–Kier alpha value is -1.07. The van der Waals surface area contributed by atoms with Crippen molar-refractivity contribution < 1.29 is 13.1 Å². The van der Waals surface area contributed by atoms with Crippen LogP contribution in [0.15, 0.2) is 30.3 Å². The monoisotopic (exact) mass is 199 g/mol. The summed E-state index contributed by atoms with van der Waals surface area (Å²) in [6.45, 7) is 0. The molecule has 0 N–H and O–H groups in total. The van der Waals surface area contributed by atoms with Crippen LogP contribution in [0.4, 0.5) is 0 Å². The van der Waals surface area contributed by atoms with E-state index in [1.807, 2.05) is 0 Å². The normalized spacial score (nSPS) is 9.00. The fourth-order valence-electron chi connectivity index (χ4n) is 0.695. The van der Waals surface area contributed by atoms with Gasteiger partial charge in [0.2, 0.25) is 0 Å². The van der Waals surface area contributed by atoms with Crippen LogP contribution in [0.1, 0.15) is 10.4 Å². The summed E-state index contributed by atoms with van der Waals surface area (Å²) in [6.07, 6.45) is 0. The summed E-state index contributed by atoms with van der Waals surface area (Å²) in [5.74, 6) is -0.541. The highest BCUT2D eigenvalue weighted by Crippen LogP contribution is 2.00. The molecule has 1 rings (SSSR count). The van der Waals surface area contributed by atoms with Crippen molar-refractivity contribution in [2.24, 2.45) is 0 Å². The molecule has 0 spiro atoms. The third kappa shape index (κ3) is 2.52. The Morgan fingerprint density at radius 1 is 1.42 bits per heavy atom. The first kappa shape index (κ1) is 9.02. The number of hydrogen-bond donors (Lipinski definition) is 0. The molecule has 0 aliphatic heterocycles. The number of carbonyl (C=O) groups is 1. The number of benzene rings is 1. The molecule has 0 amide bonds. The van der Waals surface area contributed by atoms with E-state index in [9.17, 15) is 4.79 Å². The molecule has 0 aliphatic rings. The molecule has 3 nitrogen and oxygen atoms in total. The number of carbonyl (C=O) groups excluding carboxylic acids is 1. The SMILES string of the molecule is O=C(O[N+](=S)[S-])c1ccccc1. The Labute approximate surface area is 80.6 Å². The Balaban J connectivity index is 2.73. The largest absolute Gasteiger partial charge is 0.410 e. The molecule has 0 unspecified atom stereocenters. The van der Waals surface area contributed by atoms with Crippen molar-refractivity contribution >= 4 is 31.2 Å². The van der Waals surface area contributed by atoms with Crippen LogP contribution in [-0.2, 0) is 30.1 Å². The zero-order valence-electron chi connectivity index (χ0n) is 5.97. The van der Waals surface area contributed by atoms with Crippen LogP contribution in [0.2, 0.25) is 0 Å². The molecular formula is C7H5NO2S2. The van der Waals surface area contributed by atoms with Gasteiger partial charge in [-0.15, -0.1) is 0 Å². The highest BCUT2D eigenvalue weighted by atomic mass is 32.2. The first-order valence-corrected chi connectivity index (χ1v) is 3.85. The van der Waals surface area contributed by atoms with Crippen LogP contribution < -0.4 is 0 Å². The van der Waals surface area contributed by atoms with Crippen molar-refractivity contribution in [3.63, 3.8) is 0 Å². The van der Waals surface area contributed by atoms with Crippen molar-refractivity contribution in [3.8, 4) is 0 Å². The maximum absolute atomic E-state index is 11.1. The second kappa shape index (κ2) is 4.08. The standard InChI is InChI=1S/C7H5NO2S2/c9-7(10-8(11)12)6-4-2-1-3-5-6/h1-5H. The number of hydrogen-bond acceptors (Lipinski definition) is 4. The van der Waals surface area contributed by atoms with Gasteiger partial charge in [-0.1, -0.05) is 18.2 Å². The van der Waals surface area contributed by atoms with E-state index in [2.05, 4.69) is 30.1 Å². The zero-order valence-corrected chi connectivity index (χ0v) is 7.60. The van der Waals surface area contributed by atoms with E-state index in [1.54, 1.807) is 30.3 Å². The second-order valence-electron chi connectivity index (χ2n) is 1.97. The van der Waals surface area contributed by atoms with E-state index in [0.29, 0.717) is 9.08 Å². The predicted molar refractivity (Wildman–Crippen MR) is 46.8 cm³/mol. The summed E-state index contributed by atoms with van der Waals surface area (Å²) >= 11 is 8.72. The van der Waals surface area contributed by atoms with Gasteiger partial charge in [-0.3, -0.25) is 0 Å². The Morgan fingerprint density at radius 2 is 2.00 bits per heavy atom. The van der Waals surface area contributed by atoms with Crippen molar-refractivity contribution in [3.05, 3.63) is 35.9 Å². The summed E-state index contributed by atoms with van der Waals surface area (Å²) in [5.41, 5.74) is 0.428. The Bertz CT molecular complexity index is 300. The van der Waals surface area contributed by atoms with Crippen LogP contribution >= 0.6 is 0 Å². The van der Waals surface area contributed by atoms with Crippen LogP contribution in [0.5, 0.6) is 0 Å². The summed E-state index contributed by atoms with van der Waals surface area (Å²) < 4.78 is 0.537. The van der Waals surface area contributed by atoms with Gasteiger partial charge in [0.05, 0.1) is 5.56 Å². The first-order chi connectivity index (χ1) is 5.70. The lowest BCUT2D eigenvalue weighted by Crippen LogP contribution is -2.10. The second-order valence-corrected chi connectivity index (χ2v) is 2.86. The van der Waals surface area contributed by atoms with E-state index in [0.717, 1.165) is 0 Å². The van der Waals surface area contributed by atoms with E-state index in [1.165, 1.54) is 0 Å². The fourth-order valence-corrected chi connectivity index (χ4v) is 0.830. The molecule has 0 bridgehead atoms. The average molecular weight is 199 g/mol. The Kier molecular flexibility index (Phi) is 3.07. The lowest BCUT2D eigenvalue weighted by Gasteiger charge is -1.96. The average Bonchev–Trinajstić information content (AvgIpc) is 2.05. The van der Waals surface area contributed by atoms with Crippen LogP contribution in [-0.4, -0.2) is 9.48 Å². The molecule has 1 aromatic rings. The van der Waals surface area contributed by atoms with Crippen molar-refractivity contribution in [1.29, 1.82) is 0 Å². The molecular weight excluding hydrogens is 194 g/mol. The van der Waals surface area contributed by atoms with Gasteiger partial charge >= 0.3 is 5.97 Å². The Morgan fingerprint density at radius 3 is 2.50 bits per heavy atom. The number of nitrogens with zero attached hydrogens (tertiary/aromatic N) is 1. The third-order valence-corrected chi connectivity index (χ3v) is 1.32. The summed E-state index contributed by atoms with van der Waals surface area (Å²) in [7, 11) is 0. The van der Waals surface area contributed by atoms with E-state index >= 15 is 0 Å².